The summed E-state index contributed by atoms with van der Waals surface area (Å²) in [5.74, 6) is 0.526. The Labute approximate surface area is 80.5 Å². The zero-order valence-corrected chi connectivity index (χ0v) is 8.82. The largest absolute Gasteiger partial charge is 0.411 e. The van der Waals surface area contributed by atoms with Crippen molar-refractivity contribution >= 4 is 6.21 Å². The van der Waals surface area contributed by atoms with Crippen LogP contribution in [0.2, 0.25) is 0 Å². The highest BCUT2D eigenvalue weighted by Gasteiger charge is 2.12. The summed E-state index contributed by atoms with van der Waals surface area (Å²) >= 11 is 0. The van der Waals surface area contributed by atoms with Gasteiger partial charge in [0, 0.05) is 6.21 Å². The first-order valence-corrected chi connectivity index (χ1v) is 4.84. The summed E-state index contributed by atoms with van der Waals surface area (Å²) in [5, 5.41) is 20.6. The summed E-state index contributed by atoms with van der Waals surface area (Å²) in [4.78, 5) is 0. The minimum atomic E-state index is -0.551. The Morgan fingerprint density at radius 1 is 1.46 bits per heavy atom. The van der Waals surface area contributed by atoms with Crippen LogP contribution in [0.5, 0.6) is 0 Å². The molecule has 3 heteroatoms. The van der Waals surface area contributed by atoms with Crippen molar-refractivity contribution in [2.75, 3.05) is 0 Å². The van der Waals surface area contributed by atoms with Gasteiger partial charge < -0.3 is 10.3 Å². The standard InChI is InChI=1S/C10H21NO2/c1-9(6-8-11-13)5-4-7-10(2,3)12/h8-9,12-13H,4-7H2,1-3H3/b11-8+/t9-/m1/s1. The second-order valence-electron chi connectivity index (χ2n) is 4.34. The molecule has 0 rings (SSSR count). The first kappa shape index (κ1) is 12.4. The average molecular weight is 187 g/mol. The Morgan fingerprint density at radius 3 is 2.54 bits per heavy atom. The molecule has 0 aromatic heterocycles. The third-order valence-corrected chi connectivity index (χ3v) is 2.07. The van der Waals surface area contributed by atoms with E-state index in [9.17, 15) is 5.11 Å². The lowest BCUT2D eigenvalue weighted by Crippen LogP contribution is -2.18. The molecular weight excluding hydrogens is 166 g/mol. The first-order chi connectivity index (χ1) is 5.95. The van der Waals surface area contributed by atoms with E-state index in [2.05, 4.69) is 12.1 Å². The fourth-order valence-corrected chi connectivity index (χ4v) is 1.23. The van der Waals surface area contributed by atoms with Gasteiger partial charge >= 0.3 is 0 Å². The zero-order chi connectivity index (χ0) is 10.3. The van der Waals surface area contributed by atoms with Crippen LogP contribution in [0.1, 0.15) is 46.5 Å². The number of hydrogen-bond donors (Lipinski definition) is 2. The van der Waals surface area contributed by atoms with Gasteiger partial charge in [0.1, 0.15) is 0 Å². The first-order valence-electron chi connectivity index (χ1n) is 4.84. The van der Waals surface area contributed by atoms with E-state index in [1.54, 1.807) is 0 Å². The monoisotopic (exact) mass is 187 g/mol. The van der Waals surface area contributed by atoms with E-state index >= 15 is 0 Å². The summed E-state index contributed by atoms with van der Waals surface area (Å²) in [6.07, 6.45) is 5.24. The van der Waals surface area contributed by atoms with Gasteiger partial charge in [0.2, 0.25) is 0 Å². The van der Waals surface area contributed by atoms with Crippen LogP contribution in [0.3, 0.4) is 0 Å². The lowest BCUT2D eigenvalue weighted by atomic mass is 9.95. The van der Waals surface area contributed by atoms with Gasteiger partial charge in [-0.05, 0) is 32.6 Å². The Kier molecular flexibility index (Phi) is 5.71. The van der Waals surface area contributed by atoms with Crippen molar-refractivity contribution in [3.8, 4) is 0 Å². The van der Waals surface area contributed by atoms with E-state index in [0.29, 0.717) is 5.92 Å². The maximum atomic E-state index is 9.44. The maximum Gasteiger partial charge on any atom is 0.0591 e. The predicted octanol–water partition coefficient (Wildman–Crippen LogP) is 2.41. The normalized spacial score (nSPS) is 15.1. The molecule has 2 N–H and O–H groups in total. The number of oxime groups is 1. The lowest BCUT2D eigenvalue weighted by molar-refractivity contribution is 0.0671. The SMILES string of the molecule is C[C@@H](C/C=N/O)CCCC(C)(C)O. The predicted molar refractivity (Wildman–Crippen MR) is 54.2 cm³/mol. The molecule has 13 heavy (non-hydrogen) atoms. The maximum absolute atomic E-state index is 9.44. The van der Waals surface area contributed by atoms with Crippen LogP contribution >= 0.6 is 0 Å². The summed E-state index contributed by atoms with van der Waals surface area (Å²) in [6.45, 7) is 5.77. The van der Waals surface area contributed by atoms with E-state index in [4.69, 9.17) is 5.21 Å². The van der Waals surface area contributed by atoms with Gasteiger partial charge in [0.25, 0.3) is 0 Å². The van der Waals surface area contributed by atoms with E-state index < -0.39 is 5.60 Å². The Hall–Kier alpha value is -0.570. The van der Waals surface area contributed by atoms with Crippen molar-refractivity contribution in [3.05, 3.63) is 0 Å². The third kappa shape index (κ3) is 9.34. The second-order valence-corrected chi connectivity index (χ2v) is 4.34. The van der Waals surface area contributed by atoms with Gasteiger partial charge in [-0.1, -0.05) is 19.8 Å². The van der Waals surface area contributed by atoms with Crippen molar-refractivity contribution in [1.29, 1.82) is 0 Å². The molecule has 0 aromatic rings. The fourth-order valence-electron chi connectivity index (χ4n) is 1.23. The molecule has 0 amide bonds. The lowest BCUT2D eigenvalue weighted by Gasteiger charge is -2.17. The van der Waals surface area contributed by atoms with Gasteiger partial charge in [0.05, 0.1) is 5.60 Å². The average Bonchev–Trinajstić information content (AvgIpc) is 1.98. The highest BCUT2D eigenvalue weighted by molar-refractivity contribution is 5.56. The van der Waals surface area contributed by atoms with Crippen molar-refractivity contribution in [2.45, 2.75) is 52.1 Å². The van der Waals surface area contributed by atoms with Crippen LogP contribution in [0.25, 0.3) is 0 Å². The highest BCUT2D eigenvalue weighted by Crippen LogP contribution is 2.16. The molecule has 0 saturated carbocycles. The van der Waals surface area contributed by atoms with Gasteiger partial charge in [0.15, 0.2) is 0 Å². The van der Waals surface area contributed by atoms with Gasteiger partial charge in [-0.15, -0.1) is 5.16 Å². The van der Waals surface area contributed by atoms with E-state index in [1.807, 2.05) is 13.8 Å². The molecule has 0 aromatic carbocycles. The number of nitrogens with zero attached hydrogens (tertiary/aromatic N) is 1. The van der Waals surface area contributed by atoms with Gasteiger partial charge in [-0.2, -0.15) is 0 Å². The molecule has 0 aliphatic rings. The molecule has 0 fully saturated rings. The van der Waals surface area contributed by atoms with E-state index in [-0.39, 0.29) is 0 Å². The van der Waals surface area contributed by atoms with Crippen LogP contribution in [0, 0.1) is 5.92 Å². The molecular formula is C10H21NO2. The molecule has 0 unspecified atom stereocenters. The molecule has 0 heterocycles. The Bertz CT molecular complexity index is 149. The minimum Gasteiger partial charge on any atom is -0.411 e. The highest BCUT2D eigenvalue weighted by atomic mass is 16.4. The topological polar surface area (TPSA) is 52.8 Å². The Morgan fingerprint density at radius 2 is 2.08 bits per heavy atom. The van der Waals surface area contributed by atoms with Crippen LogP contribution < -0.4 is 0 Å². The van der Waals surface area contributed by atoms with Crippen LogP contribution in [-0.4, -0.2) is 22.1 Å². The summed E-state index contributed by atoms with van der Waals surface area (Å²) in [5.41, 5.74) is -0.551. The van der Waals surface area contributed by atoms with Crippen LogP contribution in [-0.2, 0) is 0 Å². The summed E-state index contributed by atoms with van der Waals surface area (Å²) in [7, 11) is 0. The zero-order valence-electron chi connectivity index (χ0n) is 8.82. The smallest absolute Gasteiger partial charge is 0.0591 e. The molecule has 78 valence electrons. The number of aliphatic hydroxyl groups is 1. The molecule has 0 radical (unpaired) electrons. The minimum absolute atomic E-state index is 0.526. The number of hydrogen-bond acceptors (Lipinski definition) is 3. The Balaban J connectivity index is 3.42. The third-order valence-electron chi connectivity index (χ3n) is 2.07. The molecule has 0 aliphatic carbocycles. The molecule has 1 atom stereocenters. The van der Waals surface area contributed by atoms with Crippen molar-refractivity contribution in [1.82, 2.24) is 0 Å². The summed E-state index contributed by atoms with van der Waals surface area (Å²) < 4.78 is 0. The molecule has 0 bridgehead atoms. The van der Waals surface area contributed by atoms with Crippen molar-refractivity contribution < 1.29 is 10.3 Å². The van der Waals surface area contributed by atoms with Crippen molar-refractivity contribution in [3.63, 3.8) is 0 Å². The van der Waals surface area contributed by atoms with Crippen molar-refractivity contribution in [2.24, 2.45) is 11.1 Å². The second kappa shape index (κ2) is 5.97. The van der Waals surface area contributed by atoms with Crippen LogP contribution in [0.15, 0.2) is 5.16 Å². The molecule has 0 aliphatic heterocycles. The quantitative estimate of drug-likeness (QED) is 0.381. The molecule has 3 nitrogen and oxygen atoms in total. The number of rotatable bonds is 6. The molecule has 0 spiro atoms. The van der Waals surface area contributed by atoms with Gasteiger partial charge in [-0.3, -0.25) is 0 Å². The summed E-state index contributed by atoms with van der Waals surface area (Å²) in [6, 6.07) is 0. The fraction of sp³-hybridized carbons (Fsp3) is 0.900. The molecule has 0 saturated heterocycles. The van der Waals surface area contributed by atoms with E-state index in [0.717, 1.165) is 25.7 Å². The van der Waals surface area contributed by atoms with Crippen LogP contribution in [0.4, 0.5) is 0 Å². The van der Waals surface area contributed by atoms with Gasteiger partial charge in [-0.25, -0.2) is 0 Å². The van der Waals surface area contributed by atoms with E-state index in [1.165, 1.54) is 6.21 Å².